The third kappa shape index (κ3) is 5.98. The maximum atomic E-state index is 12.3. The fourth-order valence-electron chi connectivity index (χ4n) is 3.12. The molecule has 1 fully saturated rings. The van der Waals surface area contributed by atoms with Gasteiger partial charge in [0.25, 0.3) is 0 Å². The molecule has 142 valence electrons. The maximum Gasteiger partial charge on any atom is 0.224 e. The summed E-state index contributed by atoms with van der Waals surface area (Å²) in [4.78, 5) is 14.7. The number of benzene rings is 1. The van der Waals surface area contributed by atoms with Gasteiger partial charge in [0, 0.05) is 49.4 Å². The van der Waals surface area contributed by atoms with E-state index in [2.05, 4.69) is 28.5 Å². The Hall–Kier alpha value is -1.61. The topological polar surface area (TPSA) is 68.2 Å². The summed E-state index contributed by atoms with van der Waals surface area (Å²) in [5, 5.41) is 16.1. The Bertz CT molecular complexity index is 696. The van der Waals surface area contributed by atoms with Crippen LogP contribution in [-0.4, -0.2) is 36.5 Å². The minimum atomic E-state index is -0.495. The summed E-state index contributed by atoms with van der Waals surface area (Å²) in [5.41, 5.74) is 2.45. The first-order chi connectivity index (χ1) is 12.2. The molecule has 0 bridgehead atoms. The molecule has 1 aromatic rings. The molecular formula is C20H29ClN4O. The molecule has 1 amide bonds. The van der Waals surface area contributed by atoms with E-state index in [1.54, 1.807) is 6.07 Å². The number of carbonyl (C=O) groups excluding carboxylic acids is 1. The number of nitrogens with one attached hydrogen (secondary N) is 2. The Kier molecular flexibility index (Phi) is 7.05. The molecule has 1 unspecified atom stereocenters. The van der Waals surface area contributed by atoms with Crippen molar-refractivity contribution >= 4 is 23.2 Å². The minimum Gasteiger partial charge on any atom is -0.326 e. The molecule has 26 heavy (non-hydrogen) atoms. The van der Waals surface area contributed by atoms with Gasteiger partial charge in [0.2, 0.25) is 5.91 Å². The number of hydrogen-bond acceptors (Lipinski definition) is 4. The lowest BCUT2D eigenvalue weighted by Gasteiger charge is -2.32. The molecular weight excluding hydrogens is 348 g/mol. The molecule has 1 heterocycles. The third-order valence-corrected chi connectivity index (χ3v) is 5.10. The molecule has 0 aliphatic carbocycles. The number of hydrogen-bond donors (Lipinski definition) is 2. The lowest BCUT2D eigenvalue weighted by molar-refractivity contribution is -0.116. The van der Waals surface area contributed by atoms with Crippen molar-refractivity contribution in [3.05, 3.63) is 28.3 Å². The van der Waals surface area contributed by atoms with Crippen LogP contribution in [0.4, 0.5) is 5.69 Å². The van der Waals surface area contributed by atoms with Crippen molar-refractivity contribution in [2.75, 3.05) is 25.0 Å². The first kappa shape index (κ1) is 20.7. The Balaban J connectivity index is 2.06. The van der Waals surface area contributed by atoms with E-state index in [0.29, 0.717) is 23.9 Å². The second-order valence-electron chi connectivity index (χ2n) is 7.87. The lowest BCUT2D eigenvalue weighted by atomic mass is 9.89. The molecule has 6 heteroatoms. The highest BCUT2D eigenvalue weighted by atomic mass is 35.5. The summed E-state index contributed by atoms with van der Waals surface area (Å²) in [5.74, 6) is -0.0829. The van der Waals surface area contributed by atoms with Crippen LogP contribution >= 0.6 is 11.6 Å². The van der Waals surface area contributed by atoms with Crippen molar-refractivity contribution in [2.24, 2.45) is 5.41 Å². The van der Waals surface area contributed by atoms with Crippen LogP contribution in [0.5, 0.6) is 0 Å². The second kappa shape index (κ2) is 8.85. The highest BCUT2D eigenvalue weighted by molar-refractivity contribution is 6.31. The van der Waals surface area contributed by atoms with Crippen molar-refractivity contribution in [3.8, 4) is 6.07 Å². The number of amides is 1. The average molecular weight is 377 g/mol. The van der Waals surface area contributed by atoms with Gasteiger partial charge in [-0.3, -0.25) is 9.69 Å². The fraction of sp³-hybridized carbons (Fsp3) is 0.600. The van der Waals surface area contributed by atoms with Gasteiger partial charge in [-0.15, -0.1) is 0 Å². The highest BCUT2D eigenvalue weighted by Crippen LogP contribution is 2.27. The van der Waals surface area contributed by atoms with Gasteiger partial charge in [0.1, 0.15) is 0 Å². The number of nitrogens with zero attached hydrogens (tertiary/aromatic N) is 2. The number of anilines is 1. The van der Waals surface area contributed by atoms with Crippen LogP contribution < -0.4 is 10.6 Å². The summed E-state index contributed by atoms with van der Waals surface area (Å²) in [7, 11) is 0. The number of piperazine rings is 1. The average Bonchev–Trinajstić information content (AvgIpc) is 2.57. The molecule has 0 saturated carbocycles. The zero-order chi connectivity index (χ0) is 19.3. The van der Waals surface area contributed by atoms with Crippen molar-refractivity contribution in [1.82, 2.24) is 10.2 Å². The van der Waals surface area contributed by atoms with Crippen molar-refractivity contribution in [3.63, 3.8) is 0 Å². The predicted octanol–water partition coefficient (Wildman–Crippen LogP) is 3.71. The Morgan fingerprint density at radius 3 is 2.88 bits per heavy atom. The summed E-state index contributed by atoms with van der Waals surface area (Å²) in [6.45, 7) is 11.7. The normalized spacial score (nSPS) is 18.4. The van der Waals surface area contributed by atoms with Crippen molar-refractivity contribution < 1.29 is 4.79 Å². The van der Waals surface area contributed by atoms with Gasteiger partial charge in [0.15, 0.2) is 0 Å². The lowest BCUT2D eigenvalue weighted by Crippen LogP contribution is -2.48. The Labute approximate surface area is 161 Å². The number of halogens is 1. The molecule has 1 saturated heterocycles. The van der Waals surface area contributed by atoms with Gasteiger partial charge in [0.05, 0.1) is 11.5 Å². The second-order valence-corrected chi connectivity index (χ2v) is 8.31. The van der Waals surface area contributed by atoms with Crippen LogP contribution in [0.25, 0.3) is 0 Å². The van der Waals surface area contributed by atoms with Gasteiger partial charge in [-0.25, -0.2) is 0 Å². The van der Waals surface area contributed by atoms with Crippen LogP contribution in [0.3, 0.4) is 0 Å². The van der Waals surface area contributed by atoms with E-state index in [0.717, 1.165) is 43.0 Å². The quantitative estimate of drug-likeness (QED) is 0.794. The van der Waals surface area contributed by atoms with Crippen LogP contribution in [0.1, 0.15) is 44.7 Å². The van der Waals surface area contributed by atoms with E-state index in [1.165, 1.54) is 0 Å². The van der Waals surface area contributed by atoms with Crippen molar-refractivity contribution in [1.29, 1.82) is 5.26 Å². The van der Waals surface area contributed by atoms with E-state index < -0.39 is 5.41 Å². The van der Waals surface area contributed by atoms with Crippen LogP contribution in [0.15, 0.2) is 12.1 Å². The van der Waals surface area contributed by atoms with E-state index in [4.69, 9.17) is 16.9 Å². The minimum absolute atomic E-state index is 0.0829. The first-order valence-corrected chi connectivity index (χ1v) is 9.54. The Morgan fingerprint density at radius 2 is 2.23 bits per heavy atom. The highest BCUT2D eigenvalue weighted by Gasteiger charge is 2.20. The van der Waals surface area contributed by atoms with Crippen LogP contribution in [0, 0.1) is 23.7 Å². The van der Waals surface area contributed by atoms with Gasteiger partial charge in [-0.2, -0.15) is 5.26 Å². The molecule has 0 aromatic heterocycles. The van der Waals surface area contributed by atoms with E-state index in [-0.39, 0.29) is 5.91 Å². The number of nitriles is 1. The molecule has 2 rings (SSSR count). The standard InChI is InChI=1S/C20H29ClN4O/c1-14-11-25(8-7-23-14)12-16-9-17(21)10-18(15(16)2)24-19(26)5-6-20(3,4)13-22/h9-10,14,23H,5-8,11-12H2,1-4H3,(H,24,26). The molecule has 1 aliphatic heterocycles. The van der Waals surface area contributed by atoms with Crippen LogP contribution in [0.2, 0.25) is 5.02 Å². The molecule has 1 aliphatic rings. The van der Waals surface area contributed by atoms with Gasteiger partial charge < -0.3 is 10.6 Å². The number of rotatable bonds is 6. The van der Waals surface area contributed by atoms with E-state index in [1.807, 2.05) is 26.8 Å². The fourth-order valence-corrected chi connectivity index (χ4v) is 3.36. The van der Waals surface area contributed by atoms with Crippen molar-refractivity contribution in [2.45, 2.75) is 53.1 Å². The first-order valence-electron chi connectivity index (χ1n) is 9.16. The molecule has 1 aromatic carbocycles. The molecule has 5 nitrogen and oxygen atoms in total. The Morgan fingerprint density at radius 1 is 1.50 bits per heavy atom. The van der Waals surface area contributed by atoms with Gasteiger partial charge in [-0.05, 0) is 57.4 Å². The molecule has 0 spiro atoms. The SMILES string of the molecule is Cc1c(CN2CCNC(C)C2)cc(Cl)cc1NC(=O)CCC(C)(C)C#N. The smallest absolute Gasteiger partial charge is 0.224 e. The van der Waals surface area contributed by atoms with E-state index >= 15 is 0 Å². The molecule has 0 radical (unpaired) electrons. The predicted molar refractivity (Wildman–Crippen MR) is 106 cm³/mol. The number of carbonyl (C=O) groups is 1. The van der Waals surface area contributed by atoms with E-state index in [9.17, 15) is 4.79 Å². The zero-order valence-corrected chi connectivity index (χ0v) is 16.9. The van der Waals surface area contributed by atoms with Crippen LogP contribution in [-0.2, 0) is 11.3 Å². The molecule has 2 N–H and O–H groups in total. The van der Waals surface area contributed by atoms with Gasteiger partial charge >= 0.3 is 0 Å². The third-order valence-electron chi connectivity index (χ3n) is 4.88. The monoisotopic (exact) mass is 376 g/mol. The maximum absolute atomic E-state index is 12.3. The summed E-state index contributed by atoms with van der Waals surface area (Å²) in [6.07, 6.45) is 0.845. The van der Waals surface area contributed by atoms with Gasteiger partial charge in [-0.1, -0.05) is 11.6 Å². The zero-order valence-electron chi connectivity index (χ0n) is 16.2. The summed E-state index contributed by atoms with van der Waals surface area (Å²) in [6, 6.07) is 6.49. The summed E-state index contributed by atoms with van der Waals surface area (Å²) < 4.78 is 0. The largest absolute Gasteiger partial charge is 0.326 e. The summed E-state index contributed by atoms with van der Waals surface area (Å²) >= 11 is 6.30. The molecule has 1 atom stereocenters.